The summed E-state index contributed by atoms with van der Waals surface area (Å²) < 4.78 is 0.949. The Hall–Kier alpha value is -1.68. The second kappa shape index (κ2) is 5.78. The Kier molecular flexibility index (Phi) is 4.10. The number of halogens is 1. The summed E-state index contributed by atoms with van der Waals surface area (Å²) in [7, 11) is 0. The molecule has 1 N–H and O–H groups in total. The summed E-state index contributed by atoms with van der Waals surface area (Å²) >= 11 is 3.39. The molecule has 0 aliphatic heterocycles. The smallest absolute Gasteiger partial charge is 0.228 e. The summed E-state index contributed by atoms with van der Waals surface area (Å²) in [5.41, 5.74) is 2.78. The molecule has 1 aromatic carbocycles. The summed E-state index contributed by atoms with van der Waals surface area (Å²) in [6, 6.07) is 9.53. The number of carbonyl (C=O) groups is 1. The summed E-state index contributed by atoms with van der Waals surface area (Å²) in [4.78, 5) is 15.9. The van der Waals surface area contributed by atoms with E-state index >= 15 is 0 Å². The van der Waals surface area contributed by atoms with E-state index in [-0.39, 0.29) is 5.91 Å². The van der Waals surface area contributed by atoms with Crippen LogP contribution >= 0.6 is 15.9 Å². The van der Waals surface area contributed by atoms with Crippen LogP contribution in [0, 0.1) is 6.92 Å². The molecule has 1 heterocycles. The first-order valence-corrected chi connectivity index (χ1v) is 6.39. The normalized spacial score (nSPS) is 10.1. The van der Waals surface area contributed by atoms with E-state index in [0.717, 1.165) is 21.3 Å². The number of hydrogen-bond donors (Lipinski definition) is 1. The van der Waals surface area contributed by atoms with Gasteiger partial charge in [-0.2, -0.15) is 0 Å². The molecule has 0 spiro atoms. The number of aryl methyl sites for hydroxylation is 1. The van der Waals surface area contributed by atoms with Gasteiger partial charge in [0.25, 0.3) is 0 Å². The van der Waals surface area contributed by atoms with Crippen molar-refractivity contribution in [3.05, 3.63) is 58.3 Å². The fraction of sp³-hybridized carbons (Fsp3) is 0.143. The average molecular weight is 305 g/mol. The van der Waals surface area contributed by atoms with E-state index in [1.165, 1.54) is 0 Å². The third-order valence-electron chi connectivity index (χ3n) is 2.56. The van der Waals surface area contributed by atoms with Crippen LogP contribution in [0.3, 0.4) is 0 Å². The van der Waals surface area contributed by atoms with Crippen LogP contribution in [0.2, 0.25) is 0 Å². The first-order valence-electron chi connectivity index (χ1n) is 5.60. The van der Waals surface area contributed by atoms with Crippen LogP contribution in [0.5, 0.6) is 0 Å². The minimum atomic E-state index is -0.0378. The molecule has 92 valence electrons. The molecule has 18 heavy (non-hydrogen) atoms. The van der Waals surface area contributed by atoms with Crippen molar-refractivity contribution in [2.24, 2.45) is 0 Å². The first kappa shape index (κ1) is 12.8. The van der Waals surface area contributed by atoms with Crippen LogP contribution in [0.4, 0.5) is 5.69 Å². The van der Waals surface area contributed by atoms with Crippen molar-refractivity contribution in [1.29, 1.82) is 0 Å². The number of amides is 1. The molecule has 1 aromatic heterocycles. The Bertz CT molecular complexity index is 555. The number of anilines is 1. The van der Waals surface area contributed by atoms with Crippen LogP contribution < -0.4 is 5.32 Å². The van der Waals surface area contributed by atoms with Gasteiger partial charge in [-0.3, -0.25) is 9.78 Å². The van der Waals surface area contributed by atoms with Crippen molar-refractivity contribution >= 4 is 27.5 Å². The lowest BCUT2D eigenvalue weighted by Gasteiger charge is -2.08. The summed E-state index contributed by atoms with van der Waals surface area (Å²) in [6.45, 7) is 1.96. The highest BCUT2D eigenvalue weighted by Gasteiger charge is 2.06. The van der Waals surface area contributed by atoms with Gasteiger partial charge in [0.2, 0.25) is 5.91 Å². The Morgan fingerprint density at radius 2 is 2.22 bits per heavy atom. The molecule has 0 aliphatic carbocycles. The summed E-state index contributed by atoms with van der Waals surface area (Å²) in [5, 5.41) is 2.90. The van der Waals surface area contributed by atoms with Crippen molar-refractivity contribution < 1.29 is 4.79 Å². The number of rotatable bonds is 3. The average Bonchev–Trinajstić information content (AvgIpc) is 2.35. The lowest BCUT2D eigenvalue weighted by molar-refractivity contribution is -0.115. The maximum atomic E-state index is 11.9. The van der Waals surface area contributed by atoms with E-state index in [1.54, 1.807) is 12.4 Å². The van der Waals surface area contributed by atoms with Gasteiger partial charge in [-0.15, -0.1) is 0 Å². The molecule has 0 fully saturated rings. The standard InChI is InChI=1S/C14H13BrN2O/c1-10-4-5-12(15)8-13(10)17-14(18)7-11-3-2-6-16-9-11/h2-6,8-9H,7H2,1H3,(H,17,18). The highest BCUT2D eigenvalue weighted by Crippen LogP contribution is 2.20. The molecular formula is C14H13BrN2O. The lowest BCUT2D eigenvalue weighted by Crippen LogP contribution is -2.15. The highest BCUT2D eigenvalue weighted by atomic mass is 79.9. The monoisotopic (exact) mass is 304 g/mol. The number of benzene rings is 1. The molecule has 0 bridgehead atoms. The highest BCUT2D eigenvalue weighted by molar-refractivity contribution is 9.10. The van der Waals surface area contributed by atoms with Gasteiger partial charge < -0.3 is 5.32 Å². The molecular weight excluding hydrogens is 292 g/mol. The zero-order valence-corrected chi connectivity index (χ0v) is 11.6. The zero-order valence-electron chi connectivity index (χ0n) is 9.98. The maximum Gasteiger partial charge on any atom is 0.228 e. The van der Waals surface area contributed by atoms with Gasteiger partial charge in [0.05, 0.1) is 6.42 Å². The molecule has 2 rings (SSSR count). The fourth-order valence-corrected chi connectivity index (χ4v) is 1.97. The van der Waals surface area contributed by atoms with Crippen LogP contribution in [0.25, 0.3) is 0 Å². The lowest BCUT2D eigenvalue weighted by atomic mass is 10.1. The van der Waals surface area contributed by atoms with E-state index in [1.807, 2.05) is 37.3 Å². The van der Waals surface area contributed by atoms with Crippen molar-refractivity contribution in [2.45, 2.75) is 13.3 Å². The largest absolute Gasteiger partial charge is 0.326 e. The predicted octanol–water partition coefficient (Wildman–Crippen LogP) is 3.33. The zero-order chi connectivity index (χ0) is 13.0. The number of aromatic nitrogens is 1. The first-order chi connectivity index (χ1) is 8.65. The molecule has 0 saturated heterocycles. The van der Waals surface area contributed by atoms with Gasteiger partial charge in [-0.05, 0) is 36.2 Å². The molecule has 4 heteroatoms. The summed E-state index contributed by atoms with van der Waals surface area (Å²) in [5.74, 6) is -0.0378. The molecule has 3 nitrogen and oxygen atoms in total. The van der Waals surface area contributed by atoms with Crippen molar-refractivity contribution in [3.8, 4) is 0 Å². The van der Waals surface area contributed by atoms with Gasteiger partial charge >= 0.3 is 0 Å². The van der Waals surface area contributed by atoms with Gasteiger partial charge in [0.15, 0.2) is 0 Å². The van der Waals surface area contributed by atoms with Crippen LogP contribution in [-0.4, -0.2) is 10.9 Å². The Balaban J connectivity index is 2.05. The third-order valence-corrected chi connectivity index (χ3v) is 3.05. The minimum Gasteiger partial charge on any atom is -0.326 e. The van der Waals surface area contributed by atoms with Crippen LogP contribution in [0.15, 0.2) is 47.2 Å². The number of nitrogens with zero attached hydrogens (tertiary/aromatic N) is 1. The molecule has 0 aliphatic rings. The third kappa shape index (κ3) is 3.40. The van der Waals surface area contributed by atoms with E-state index in [9.17, 15) is 4.79 Å². The maximum absolute atomic E-state index is 11.9. The quantitative estimate of drug-likeness (QED) is 0.945. The van der Waals surface area contributed by atoms with Gasteiger partial charge in [0.1, 0.15) is 0 Å². The Morgan fingerprint density at radius 1 is 1.39 bits per heavy atom. The second-order valence-corrected chi connectivity index (χ2v) is 4.96. The van der Waals surface area contributed by atoms with Gasteiger partial charge in [-0.25, -0.2) is 0 Å². The van der Waals surface area contributed by atoms with E-state index in [2.05, 4.69) is 26.2 Å². The van der Waals surface area contributed by atoms with Crippen LogP contribution in [0.1, 0.15) is 11.1 Å². The van der Waals surface area contributed by atoms with Crippen molar-refractivity contribution in [1.82, 2.24) is 4.98 Å². The van der Waals surface area contributed by atoms with Crippen molar-refractivity contribution in [3.63, 3.8) is 0 Å². The van der Waals surface area contributed by atoms with E-state index in [0.29, 0.717) is 6.42 Å². The molecule has 1 amide bonds. The summed E-state index contributed by atoms with van der Waals surface area (Å²) in [6.07, 6.45) is 3.73. The molecule has 0 saturated carbocycles. The Labute approximate surface area is 114 Å². The van der Waals surface area contributed by atoms with Crippen molar-refractivity contribution in [2.75, 3.05) is 5.32 Å². The number of hydrogen-bond acceptors (Lipinski definition) is 2. The number of pyridine rings is 1. The number of carbonyl (C=O) groups excluding carboxylic acids is 1. The fourth-order valence-electron chi connectivity index (χ4n) is 1.61. The van der Waals surface area contributed by atoms with Gasteiger partial charge in [-0.1, -0.05) is 28.1 Å². The number of nitrogens with one attached hydrogen (secondary N) is 1. The predicted molar refractivity (Wildman–Crippen MR) is 75.4 cm³/mol. The minimum absolute atomic E-state index is 0.0378. The SMILES string of the molecule is Cc1ccc(Br)cc1NC(=O)Cc1cccnc1. The van der Waals surface area contributed by atoms with E-state index in [4.69, 9.17) is 0 Å². The van der Waals surface area contributed by atoms with Gasteiger partial charge in [0, 0.05) is 22.6 Å². The second-order valence-electron chi connectivity index (χ2n) is 4.05. The topological polar surface area (TPSA) is 42.0 Å². The Morgan fingerprint density at radius 3 is 2.94 bits per heavy atom. The molecule has 0 unspecified atom stereocenters. The molecule has 2 aromatic rings. The van der Waals surface area contributed by atoms with Crippen LogP contribution in [-0.2, 0) is 11.2 Å². The van der Waals surface area contributed by atoms with E-state index < -0.39 is 0 Å². The molecule has 0 radical (unpaired) electrons. The molecule has 0 atom stereocenters.